The van der Waals surface area contributed by atoms with Crippen molar-refractivity contribution in [3.63, 3.8) is 0 Å². The predicted octanol–water partition coefficient (Wildman–Crippen LogP) is 3.67. The Kier molecular flexibility index (Phi) is 4.56. The Hall–Kier alpha value is -2.04. The van der Waals surface area contributed by atoms with Crippen molar-refractivity contribution in [2.45, 2.75) is 44.4 Å². The van der Waals surface area contributed by atoms with Gasteiger partial charge in [-0.15, -0.1) is 0 Å². The molecule has 1 N–H and O–H groups in total. The van der Waals surface area contributed by atoms with Crippen molar-refractivity contribution >= 4 is 17.3 Å². The molecule has 0 bridgehead atoms. The lowest BCUT2D eigenvalue weighted by Gasteiger charge is -2.50. The molecule has 0 saturated carbocycles. The van der Waals surface area contributed by atoms with Crippen LogP contribution in [-0.2, 0) is 0 Å². The van der Waals surface area contributed by atoms with Gasteiger partial charge in [-0.05, 0) is 18.6 Å². The van der Waals surface area contributed by atoms with E-state index in [0.29, 0.717) is 0 Å². The largest absolute Gasteiger partial charge is 0.466 e. The Balaban J connectivity index is 1.53. The highest BCUT2D eigenvalue weighted by molar-refractivity contribution is 6.34. The molecule has 0 amide bonds. The van der Waals surface area contributed by atoms with E-state index in [0.717, 1.165) is 54.4 Å². The molecule has 1 fully saturated rings. The van der Waals surface area contributed by atoms with Crippen molar-refractivity contribution < 1.29 is 9.64 Å². The second-order valence-electron chi connectivity index (χ2n) is 8.18. The molecule has 5 heteroatoms. The number of hydrogen-bond donors (Lipinski definition) is 1. The van der Waals surface area contributed by atoms with E-state index < -0.39 is 0 Å². The summed E-state index contributed by atoms with van der Waals surface area (Å²) in [6, 6.07) is 16.7. The van der Waals surface area contributed by atoms with Crippen LogP contribution in [0.3, 0.4) is 0 Å². The summed E-state index contributed by atoms with van der Waals surface area (Å²) in [4.78, 5) is 1.68. The van der Waals surface area contributed by atoms with Crippen molar-refractivity contribution in [1.29, 1.82) is 0 Å². The van der Waals surface area contributed by atoms with Crippen LogP contribution >= 0.6 is 11.6 Å². The van der Waals surface area contributed by atoms with Gasteiger partial charge >= 0.3 is 0 Å². The van der Waals surface area contributed by atoms with E-state index in [1.54, 1.807) is 4.90 Å². The van der Waals surface area contributed by atoms with Crippen LogP contribution in [-0.4, -0.2) is 36.1 Å². The minimum Gasteiger partial charge on any atom is -0.466 e. The van der Waals surface area contributed by atoms with E-state index in [9.17, 15) is 0 Å². The monoisotopic (exact) mass is 396 g/mol. The zero-order valence-electron chi connectivity index (χ0n) is 16.3. The number of nitrogens with zero attached hydrogens (tertiary/aromatic N) is 2. The number of quaternary nitrogens is 1. The second-order valence-corrected chi connectivity index (χ2v) is 8.58. The highest BCUT2D eigenvalue weighted by Crippen LogP contribution is 2.49. The highest BCUT2D eigenvalue weighted by Gasteiger charge is 2.52. The van der Waals surface area contributed by atoms with Gasteiger partial charge in [0, 0.05) is 22.6 Å². The maximum absolute atomic E-state index is 6.69. The molecule has 2 aromatic carbocycles. The highest BCUT2D eigenvalue weighted by atomic mass is 35.5. The predicted molar refractivity (Wildman–Crippen MR) is 112 cm³/mol. The molecule has 0 aromatic heterocycles. The molecule has 1 spiro atoms. The number of fused-ring (bicyclic) bond motifs is 4. The molecule has 0 radical (unpaired) electrons. The smallest absolute Gasteiger partial charge is 0.208 e. The normalized spacial score (nSPS) is 28.5. The Morgan fingerprint density at radius 1 is 1.14 bits per heavy atom. The SMILES string of the molecule is CCC[NH+]1CCC2(CC1)Oc1ccccc1[C@H]1CC(c3ccccc3Cl)=NN12. The molecular weight excluding hydrogens is 370 g/mol. The fourth-order valence-electron chi connectivity index (χ4n) is 5.02. The van der Waals surface area contributed by atoms with E-state index in [1.807, 2.05) is 18.2 Å². The number of hydrazone groups is 1. The zero-order chi connectivity index (χ0) is 19.1. The number of halogens is 1. The average molecular weight is 397 g/mol. The molecule has 4 nitrogen and oxygen atoms in total. The van der Waals surface area contributed by atoms with Gasteiger partial charge in [-0.25, -0.2) is 5.01 Å². The third-order valence-corrected chi connectivity index (χ3v) is 6.76. The fourth-order valence-corrected chi connectivity index (χ4v) is 5.26. The minimum absolute atomic E-state index is 0.226. The van der Waals surface area contributed by atoms with Crippen molar-refractivity contribution in [2.75, 3.05) is 19.6 Å². The van der Waals surface area contributed by atoms with E-state index in [4.69, 9.17) is 21.4 Å². The fraction of sp³-hybridized carbons (Fsp3) is 0.435. The molecule has 28 heavy (non-hydrogen) atoms. The van der Waals surface area contributed by atoms with Crippen LogP contribution in [0.4, 0.5) is 0 Å². The average Bonchev–Trinajstić information content (AvgIpc) is 3.17. The molecule has 0 unspecified atom stereocenters. The molecule has 3 aliphatic rings. The van der Waals surface area contributed by atoms with Gasteiger partial charge in [-0.2, -0.15) is 5.10 Å². The standard InChI is InChI=1S/C23H26ClN3O/c1-2-13-26-14-11-23(12-15-26)27-21(18-8-4-6-10-22(18)28-23)16-20(25-27)17-7-3-5-9-19(17)24/h3-10,21H,2,11-16H2,1H3/p+1/t21-/m1/s1. The van der Waals surface area contributed by atoms with E-state index in [-0.39, 0.29) is 11.8 Å². The quantitative estimate of drug-likeness (QED) is 0.857. The molecule has 146 valence electrons. The summed E-state index contributed by atoms with van der Waals surface area (Å²) in [6.07, 6.45) is 4.11. The van der Waals surface area contributed by atoms with Crippen LogP contribution in [0.25, 0.3) is 0 Å². The second kappa shape index (κ2) is 7.09. The number of para-hydroxylation sites is 1. The molecule has 2 aromatic rings. The topological polar surface area (TPSA) is 29.3 Å². The number of ether oxygens (including phenoxy) is 1. The number of nitrogens with one attached hydrogen (secondary N) is 1. The van der Waals surface area contributed by atoms with Gasteiger partial charge in [-0.3, -0.25) is 0 Å². The van der Waals surface area contributed by atoms with Gasteiger partial charge < -0.3 is 9.64 Å². The summed E-state index contributed by atoms with van der Waals surface area (Å²) in [5.41, 5.74) is 3.01. The summed E-state index contributed by atoms with van der Waals surface area (Å²) < 4.78 is 6.69. The molecule has 1 saturated heterocycles. The van der Waals surface area contributed by atoms with Crippen LogP contribution in [0, 0.1) is 0 Å². The first-order valence-electron chi connectivity index (χ1n) is 10.4. The number of hydrogen-bond acceptors (Lipinski definition) is 3. The van der Waals surface area contributed by atoms with E-state index in [1.165, 1.54) is 18.5 Å². The maximum atomic E-state index is 6.69. The number of rotatable bonds is 3. The van der Waals surface area contributed by atoms with Crippen LogP contribution < -0.4 is 9.64 Å². The van der Waals surface area contributed by atoms with Crippen molar-refractivity contribution in [2.24, 2.45) is 5.10 Å². The first-order valence-corrected chi connectivity index (χ1v) is 10.8. The Morgan fingerprint density at radius 2 is 1.89 bits per heavy atom. The maximum Gasteiger partial charge on any atom is 0.208 e. The molecular formula is C23H27ClN3O+. The van der Waals surface area contributed by atoms with Crippen LogP contribution in [0.5, 0.6) is 5.75 Å². The molecule has 0 aliphatic carbocycles. The van der Waals surface area contributed by atoms with Gasteiger partial charge in [0.1, 0.15) is 5.75 Å². The van der Waals surface area contributed by atoms with Crippen molar-refractivity contribution in [1.82, 2.24) is 5.01 Å². The number of likely N-dealkylation sites (tertiary alicyclic amines) is 1. The van der Waals surface area contributed by atoms with Gasteiger partial charge in [0.25, 0.3) is 0 Å². The summed E-state index contributed by atoms with van der Waals surface area (Å²) in [7, 11) is 0. The molecule has 3 heterocycles. The lowest BCUT2D eigenvalue weighted by atomic mass is 9.90. The number of benzene rings is 2. The summed E-state index contributed by atoms with van der Waals surface area (Å²) in [5, 5.41) is 8.16. The Bertz CT molecular complexity index is 904. The van der Waals surface area contributed by atoms with Gasteiger partial charge in [-0.1, -0.05) is 54.9 Å². The summed E-state index contributed by atoms with van der Waals surface area (Å²) in [5.74, 6) is 1.03. The van der Waals surface area contributed by atoms with Gasteiger partial charge in [0.2, 0.25) is 5.72 Å². The lowest BCUT2D eigenvalue weighted by molar-refractivity contribution is -0.908. The third kappa shape index (κ3) is 2.90. The lowest BCUT2D eigenvalue weighted by Crippen LogP contribution is -3.14. The first kappa shape index (κ1) is 18.0. The van der Waals surface area contributed by atoms with Crippen LogP contribution in [0.15, 0.2) is 53.6 Å². The van der Waals surface area contributed by atoms with E-state index >= 15 is 0 Å². The zero-order valence-corrected chi connectivity index (χ0v) is 17.1. The number of piperidine rings is 1. The van der Waals surface area contributed by atoms with E-state index in [2.05, 4.69) is 42.3 Å². The Morgan fingerprint density at radius 3 is 2.68 bits per heavy atom. The molecule has 5 rings (SSSR count). The summed E-state index contributed by atoms with van der Waals surface area (Å²) in [6.45, 7) is 5.78. The van der Waals surface area contributed by atoms with Gasteiger partial charge in [0.05, 0.1) is 44.2 Å². The van der Waals surface area contributed by atoms with Crippen LogP contribution in [0.1, 0.15) is 49.8 Å². The Labute approximate surface area is 171 Å². The molecule has 1 atom stereocenters. The van der Waals surface area contributed by atoms with Crippen LogP contribution in [0.2, 0.25) is 5.02 Å². The van der Waals surface area contributed by atoms with Crippen molar-refractivity contribution in [3.8, 4) is 5.75 Å². The summed E-state index contributed by atoms with van der Waals surface area (Å²) >= 11 is 6.50. The van der Waals surface area contributed by atoms with Crippen molar-refractivity contribution in [3.05, 3.63) is 64.7 Å². The molecule has 3 aliphatic heterocycles. The van der Waals surface area contributed by atoms with Gasteiger partial charge in [0.15, 0.2) is 0 Å². The minimum atomic E-state index is -0.334. The third-order valence-electron chi connectivity index (χ3n) is 6.43. The first-order chi connectivity index (χ1) is 13.7.